The second kappa shape index (κ2) is 10.8. The van der Waals surface area contributed by atoms with Crippen molar-refractivity contribution in [3.8, 4) is 22.9 Å². The summed E-state index contributed by atoms with van der Waals surface area (Å²) < 4.78 is 12.9. The van der Waals surface area contributed by atoms with Crippen LogP contribution < -0.4 is 15.0 Å². The average Bonchev–Trinajstić information content (AvgIpc) is 2.88. The minimum atomic E-state index is -0.218. The minimum absolute atomic E-state index is 0.151. The molecule has 4 aromatic rings. The van der Waals surface area contributed by atoms with E-state index in [1.807, 2.05) is 62.4 Å². The van der Waals surface area contributed by atoms with E-state index in [9.17, 15) is 4.79 Å². The Morgan fingerprint density at radius 2 is 1.78 bits per heavy atom. The number of fused-ring (bicyclic) bond motifs is 1. The zero-order valence-corrected chi connectivity index (χ0v) is 21.8. The molecule has 0 fully saturated rings. The fourth-order valence-corrected chi connectivity index (χ4v) is 4.04. The molecule has 0 radical (unpaired) electrons. The number of methoxy groups -OCH3 is 1. The molecular formula is C30H33N3O3. The first-order valence-electron chi connectivity index (χ1n) is 12.3. The van der Waals surface area contributed by atoms with Crippen LogP contribution in [0, 0.1) is 6.92 Å². The van der Waals surface area contributed by atoms with Crippen molar-refractivity contribution < 1.29 is 9.47 Å². The maximum absolute atomic E-state index is 13.6. The normalized spacial score (nSPS) is 12.4. The first kappa shape index (κ1) is 25.2. The SMILES string of the molecule is CC[C@@H](C)Oc1ccc(C=Nn2c(-c3cc(C(C)C)c(OC)cc3C)nc3ccccc3c2=O)cc1. The summed E-state index contributed by atoms with van der Waals surface area (Å²) in [5.74, 6) is 2.36. The molecule has 1 aromatic heterocycles. The number of nitrogens with zero attached hydrogens (tertiary/aromatic N) is 3. The van der Waals surface area contributed by atoms with Crippen LogP contribution >= 0.6 is 0 Å². The summed E-state index contributed by atoms with van der Waals surface area (Å²) in [5.41, 5.74) is 4.12. The van der Waals surface area contributed by atoms with Gasteiger partial charge >= 0.3 is 0 Å². The average molecular weight is 484 g/mol. The summed E-state index contributed by atoms with van der Waals surface area (Å²) in [4.78, 5) is 18.4. The molecule has 0 saturated heterocycles. The third kappa shape index (κ3) is 5.18. The Kier molecular flexibility index (Phi) is 7.53. The Morgan fingerprint density at radius 1 is 1.06 bits per heavy atom. The molecule has 3 aromatic carbocycles. The highest BCUT2D eigenvalue weighted by molar-refractivity contribution is 5.82. The van der Waals surface area contributed by atoms with Crippen molar-refractivity contribution >= 4 is 17.1 Å². The van der Waals surface area contributed by atoms with Crippen molar-refractivity contribution in [3.05, 3.63) is 87.7 Å². The van der Waals surface area contributed by atoms with Crippen LogP contribution in [0.3, 0.4) is 0 Å². The molecule has 1 heterocycles. The monoisotopic (exact) mass is 483 g/mol. The summed E-state index contributed by atoms with van der Waals surface area (Å²) in [7, 11) is 1.67. The van der Waals surface area contributed by atoms with Crippen molar-refractivity contribution in [3.63, 3.8) is 0 Å². The van der Waals surface area contributed by atoms with E-state index in [0.29, 0.717) is 16.7 Å². The molecule has 1 atom stereocenters. The van der Waals surface area contributed by atoms with E-state index in [0.717, 1.165) is 40.2 Å². The zero-order valence-electron chi connectivity index (χ0n) is 21.8. The summed E-state index contributed by atoms with van der Waals surface area (Å²) in [6.45, 7) is 10.4. The van der Waals surface area contributed by atoms with Gasteiger partial charge in [-0.1, -0.05) is 32.9 Å². The number of aryl methyl sites for hydroxylation is 1. The second-order valence-corrected chi connectivity index (χ2v) is 9.28. The molecule has 0 N–H and O–H groups in total. The molecule has 0 unspecified atom stereocenters. The van der Waals surface area contributed by atoms with Crippen molar-refractivity contribution in [2.45, 2.75) is 53.1 Å². The largest absolute Gasteiger partial charge is 0.496 e. The van der Waals surface area contributed by atoms with Crippen LogP contribution in [-0.2, 0) is 0 Å². The Bertz CT molecular complexity index is 1450. The van der Waals surface area contributed by atoms with Crippen molar-refractivity contribution in [1.82, 2.24) is 9.66 Å². The lowest BCUT2D eigenvalue weighted by molar-refractivity contribution is 0.217. The molecule has 0 spiro atoms. The predicted octanol–water partition coefficient (Wildman–Crippen LogP) is 6.56. The van der Waals surface area contributed by atoms with Crippen LogP contribution in [0.25, 0.3) is 22.3 Å². The molecule has 186 valence electrons. The summed E-state index contributed by atoms with van der Waals surface area (Å²) in [6.07, 6.45) is 2.77. The number of hydrogen-bond acceptors (Lipinski definition) is 5. The molecule has 6 nitrogen and oxygen atoms in total. The van der Waals surface area contributed by atoms with Gasteiger partial charge in [0, 0.05) is 5.56 Å². The summed E-state index contributed by atoms with van der Waals surface area (Å²) >= 11 is 0. The van der Waals surface area contributed by atoms with Crippen LogP contribution in [0.5, 0.6) is 11.5 Å². The van der Waals surface area contributed by atoms with E-state index in [-0.39, 0.29) is 17.6 Å². The van der Waals surface area contributed by atoms with E-state index >= 15 is 0 Å². The van der Waals surface area contributed by atoms with Crippen LogP contribution in [0.15, 0.2) is 70.6 Å². The van der Waals surface area contributed by atoms with Gasteiger partial charge in [0.1, 0.15) is 11.5 Å². The smallest absolute Gasteiger partial charge is 0.282 e. The van der Waals surface area contributed by atoms with Gasteiger partial charge in [-0.25, -0.2) is 4.98 Å². The number of aromatic nitrogens is 2. The Hall–Kier alpha value is -3.93. The third-order valence-corrected chi connectivity index (χ3v) is 6.31. The van der Waals surface area contributed by atoms with E-state index in [1.54, 1.807) is 19.4 Å². The number of para-hydroxylation sites is 1. The third-order valence-electron chi connectivity index (χ3n) is 6.31. The first-order chi connectivity index (χ1) is 17.3. The van der Waals surface area contributed by atoms with Crippen molar-refractivity contribution in [1.29, 1.82) is 0 Å². The number of rotatable bonds is 8. The molecule has 36 heavy (non-hydrogen) atoms. The van der Waals surface area contributed by atoms with Gasteiger partial charge in [-0.15, -0.1) is 0 Å². The molecule has 0 aliphatic heterocycles. The second-order valence-electron chi connectivity index (χ2n) is 9.28. The van der Waals surface area contributed by atoms with Gasteiger partial charge in [0.25, 0.3) is 5.56 Å². The summed E-state index contributed by atoms with van der Waals surface area (Å²) in [5, 5.41) is 5.13. The van der Waals surface area contributed by atoms with Crippen molar-refractivity contribution in [2.75, 3.05) is 7.11 Å². The maximum Gasteiger partial charge on any atom is 0.282 e. The zero-order chi connectivity index (χ0) is 25.8. The highest BCUT2D eigenvalue weighted by Crippen LogP contribution is 2.34. The van der Waals surface area contributed by atoms with Crippen LogP contribution in [0.4, 0.5) is 0 Å². The molecule has 0 aliphatic rings. The lowest BCUT2D eigenvalue weighted by Crippen LogP contribution is -2.20. The van der Waals surface area contributed by atoms with Crippen LogP contribution in [-0.4, -0.2) is 29.1 Å². The molecule has 0 saturated carbocycles. The topological polar surface area (TPSA) is 65.7 Å². The van der Waals surface area contributed by atoms with E-state index in [4.69, 9.17) is 14.5 Å². The van der Waals surface area contributed by atoms with E-state index in [2.05, 4.69) is 31.9 Å². The Labute approximate surface area is 212 Å². The minimum Gasteiger partial charge on any atom is -0.496 e. The lowest BCUT2D eigenvalue weighted by atomic mass is 9.96. The van der Waals surface area contributed by atoms with Gasteiger partial charge in [-0.05, 0) is 91.4 Å². The van der Waals surface area contributed by atoms with Gasteiger partial charge in [-0.2, -0.15) is 9.78 Å². The molecule has 0 amide bonds. The molecule has 0 bridgehead atoms. The van der Waals surface area contributed by atoms with Gasteiger partial charge < -0.3 is 9.47 Å². The maximum atomic E-state index is 13.6. The number of ether oxygens (including phenoxy) is 2. The lowest BCUT2D eigenvalue weighted by Gasteiger charge is -2.17. The van der Waals surface area contributed by atoms with Gasteiger partial charge in [0.05, 0.1) is 30.3 Å². The van der Waals surface area contributed by atoms with Gasteiger partial charge in [-0.3, -0.25) is 4.79 Å². The van der Waals surface area contributed by atoms with Gasteiger partial charge in [0.2, 0.25) is 0 Å². The van der Waals surface area contributed by atoms with Crippen LogP contribution in [0.1, 0.15) is 56.7 Å². The van der Waals surface area contributed by atoms with E-state index in [1.165, 1.54) is 4.68 Å². The number of hydrogen-bond donors (Lipinski definition) is 0. The molecule has 0 aliphatic carbocycles. The standard InChI is InChI=1S/C30H33N3O3/c1-7-21(5)36-23-14-12-22(13-15-23)18-31-33-29(32-27-11-9-8-10-24(27)30(33)34)26-17-25(19(2)3)28(35-6)16-20(26)4/h8-19,21H,7H2,1-6H3/t21-/m1/s1. The van der Waals surface area contributed by atoms with Gasteiger partial charge in [0.15, 0.2) is 5.82 Å². The Balaban J connectivity index is 1.85. The molecule has 4 rings (SSSR count). The van der Waals surface area contributed by atoms with Crippen LogP contribution in [0.2, 0.25) is 0 Å². The predicted molar refractivity (Wildman–Crippen MR) is 147 cm³/mol. The Morgan fingerprint density at radius 3 is 2.44 bits per heavy atom. The first-order valence-corrected chi connectivity index (χ1v) is 12.3. The fraction of sp³-hybridized carbons (Fsp3) is 0.300. The highest BCUT2D eigenvalue weighted by Gasteiger charge is 2.18. The quantitative estimate of drug-likeness (QED) is 0.266. The molecular weight excluding hydrogens is 450 g/mol. The molecule has 6 heteroatoms. The summed E-state index contributed by atoms with van der Waals surface area (Å²) in [6, 6.07) is 19.1. The van der Waals surface area contributed by atoms with Crippen molar-refractivity contribution in [2.24, 2.45) is 5.10 Å². The van der Waals surface area contributed by atoms with E-state index < -0.39 is 0 Å². The number of benzene rings is 3. The fourth-order valence-electron chi connectivity index (χ4n) is 4.04. The highest BCUT2D eigenvalue weighted by atomic mass is 16.5.